The van der Waals surface area contributed by atoms with Crippen LogP contribution in [0.5, 0.6) is 5.75 Å². The molecule has 3 aromatic rings. The number of hydrogen-bond donors (Lipinski definition) is 1. The zero-order valence-electron chi connectivity index (χ0n) is 14.6. The molecule has 0 fully saturated rings. The molecule has 0 bridgehead atoms. The first-order chi connectivity index (χ1) is 12.4. The molecule has 2 aromatic heterocycles. The number of rotatable bonds is 7. The number of aryl methyl sites for hydroxylation is 2. The summed E-state index contributed by atoms with van der Waals surface area (Å²) in [5.74, 6) is 1.61. The molecule has 26 heavy (non-hydrogen) atoms. The Hall–Kier alpha value is -2.39. The van der Waals surface area contributed by atoms with Crippen LogP contribution in [0, 0.1) is 6.92 Å². The maximum absolute atomic E-state index is 12.7. The first-order valence-electron chi connectivity index (χ1n) is 8.12. The number of ether oxygens (including phenoxy) is 1. The van der Waals surface area contributed by atoms with Gasteiger partial charge in [0.2, 0.25) is 11.7 Å². The number of thiophene rings is 1. The van der Waals surface area contributed by atoms with E-state index in [2.05, 4.69) is 14.9 Å². The molecule has 0 amide bonds. The van der Waals surface area contributed by atoms with Crippen molar-refractivity contribution in [2.24, 2.45) is 0 Å². The molecule has 138 valence electrons. The van der Waals surface area contributed by atoms with Crippen LogP contribution in [0.15, 0.2) is 39.8 Å². The van der Waals surface area contributed by atoms with Crippen molar-refractivity contribution >= 4 is 27.0 Å². The second-order valence-corrected chi connectivity index (χ2v) is 8.37. The van der Waals surface area contributed by atoms with Crippen LogP contribution in [-0.2, 0) is 16.4 Å². The predicted octanol–water partition coefficient (Wildman–Crippen LogP) is 3.87. The van der Waals surface area contributed by atoms with Crippen LogP contribution in [0.1, 0.15) is 24.6 Å². The average Bonchev–Trinajstić information content (AvgIpc) is 3.23. The Labute approximate surface area is 156 Å². The lowest BCUT2D eigenvalue weighted by Crippen LogP contribution is -2.13. The van der Waals surface area contributed by atoms with Crippen LogP contribution in [0.2, 0.25) is 0 Å². The fraction of sp³-hybridized carbons (Fsp3) is 0.294. The van der Waals surface area contributed by atoms with Crippen molar-refractivity contribution in [2.45, 2.75) is 32.1 Å². The van der Waals surface area contributed by atoms with Gasteiger partial charge in [-0.05, 0) is 44.2 Å². The molecular weight excluding hydrogens is 374 g/mol. The van der Waals surface area contributed by atoms with Crippen LogP contribution in [0.3, 0.4) is 0 Å². The van der Waals surface area contributed by atoms with Crippen molar-refractivity contribution in [3.05, 3.63) is 41.1 Å². The normalized spacial score (nSPS) is 11.5. The number of nitrogens with one attached hydrogen (secondary N) is 1. The molecular formula is C17H19N3O4S2. The van der Waals surface area contributed by atoms with E-state index in [-0.39, 0.29) is 4.90 Å². The molecule has 9 heteroatoms. The van der Waals surface area contributed by atoms with Crippen LogP contribution in [0.25, 0.3) is 10.7 Å². The minimum atomic E-state index is -3.72. The molecule has 2 heterocycles. The van der Waals surface area contributed by atoms with Crippen molar-refractivity contribution in [1.82, 2.24) is 10.1 Å². The zero-order chi connectivity index (χ0) is 18.7. The van der Waals surface area contributed by atoms with Crippen molar-refractivity contribution in [3.63, 3.8) is 0 Å². The van der Waals surface area contributed by atoms with Gasteiger partial charge in [0.15, 0.2) is 0 Å². The third-order valence-corrected chi connectivity index (χ3v) is 6.25. The summed E-state index contributed by atoms with van der Waals surface area (Å²) in [7, 11) is -3.72. The predicted molar refractivity (Wildman–Crippen MR) is 100 cm³/mol. The van der Waals surface area contributed by atoms with Gasteiger partial charge in [-0.1, -0.05) is 12.1 Å². The van der Waals surface area contributed by atoms with Crippen LogP contribution in [0.4, 0.5) is 5.69 Å². The molecule has 0 saturated carbocycles. The molecule has 7 nitrogen and oxygen atoms in total. The molecule has 0 aliphatic rings. The summed E-state index contributed by atoms with van der Waals surface area (Å²) in [6.45, 7) is 6.11. The summed E-state index contributed by atoms with van der Waals surface area (Å²) < 4.78 is 38.5. The standard InChI is InChI=1S/C17H19N3O4S2/c1-4-16-18-17(19-24-16)14-10-15(11(3)25-14)26(21,22)20-12-6-8-13(9-7-12)23-5-2/h6-10,20H,4-5H2,1-3H3. The molecule has 1 aromatic carbocycles. The van der Waals surface area contributed by atoms with Crippen LogP contribution >= 0.6 is 11.3 Å². The smallest absolute Gasteiger partial charge is 0.263 e. The van der Waals surface area contributed by atoms with Crippen LogP contribution in [-0.4, -0.2) is 25.2 Å². The number of sulfonamides is 1. The van der Waals surface area contributed by atoms with Crippen molar-refractivity contribution in [3.8, 4) is 16.5 Å². The summed E-state index contributed by atoms with van der Waals surface area (Å²) in [4.78, 5) is 5.76. The van der Waals surface area contributed by atoms with Gasteiger partial charge in [0.05, 0.1) is 11.5 Å². The molecule has 0 spiro atoms. The fourth-order valence-corrected chi connectivity index (χ4v) is 4.91. The number of hydrogen-bond acceptors (Lipinski definition) is 7. The van der Waals surface area contributed by atoms with Gasteiger partial charge in [-0.2, -0.15) is 4.98 Å². The number of aromatic nitrogens is 2. The Morgan fingerprint density at radius 3 is 2.58 bits per heavy atom. The highest BCUT2D eigenvalue weighted by atomic mass is 32.2. The molecule has 0 unspecified atom stereocenters. The first kappa shape index (κ1) is 18.4. The van der Waals surface area contributed by atoms with Gasteiger partial charge < -0.3 is 9.26 Å². The van der Waals surface area contributed by atoms with E-state index in [1.807, 2.05) is 13.8 Å². The van der Waals surface area contributed by atoms with Gasteiger partial charge in [-0.3, -0.25) is 4.72 Å². The summed E-state index contributed by atoms with van der Waals surface area (Å²) in [6, 6.07) is 8.34. The van der Waals surface area contributed by atoms with E-state index in [0.717, 1.165) is 0 Å². The molecule has 0 aliphatic carbocycles. The maximum atomic E-state index is 12.7. The Balaban J connectivity index is 1.85. The largest absolute Gasteiger partial charge is 0.494 e. The number of benzene rings is 1. The van der Waals surface area contributed by atoms with E-state index in [1.54, 1.807) is 37.3 Å². The van der Waals surface area contributed by atoms with E-state index >= 15 is 0 Å². The summed E-state index contributed by atoms with van der Waals surface area (Å²) >= 11 is 1.31. The molecule has 0 radical (unpaired) electrons. The SMILES string of the molecule is CCOc1ccc(NS(=O)(=O)c2cc(-c3noc(CC)n3)sc2C)cc1. The summed E-state index contributed by atoms with van der Waals surface area (Å²) in [5.41, 5.74) is 0.466. The van der Waals surface area contributed by atoms with Gasteiger partial charge in [-0.15, -0.1) is 11.3 Å². The minimum Gasteiger partial charge on any atom is -0.494 e. The maximum Gasteiger partial charge on any atom is 0.263 e. The lowest BCUT2D eigenvalue weighted by molar-refractivity contribution is 0.340. The Morgan fingerprint density at radius 1 is 1.23 bits per heavy atom. The van der Waals surface area contributed by atoms with E-state index in [0.29, 0.717) is 45.9 Å². The Morgan fingerprint density at radius 2 is 1.96 bits per heavy atom. The van der Waals surface area contributed by atoms with Gasteiger partial charge in [0, 0.05) is 17.0 Å². The van der Waals surface area contributed by atoms with Crippen molar-refractivity contribution < 1.29 is 17.7 Å². The van der Waals surface area contributed by atoms with E-state index < -0.39 is 10.0 Å². The fourth-order valence-electron chi connectivity index (χ4n) is 2.34. The highest BCUT2D eigenvalue weighted by Gasteiger charge is 2.22. The van der Waals surface area contributed by atoms with Crippen molar-refractivity contribution in [2.75, 3.05) is 11.3 Å². The minimum absolute atomic E-state index is 0.203. The third kappa shape index (κ3) is 3.88. The monoisotopic (exact) mass is 393 g/mol. The summed E-state index contributed by atoms with van der Waals surface area (Å²) in [6.07, 6.45) is 0.627. The Bertz CT molecular complexity index is 991. The highest BCUT2D eigenvalue weighted by Crippen LogP contribution is 2.33. The number of nitrogens with zero attached hydrogens (tertiary/aromatic N) is 2. The molecule has 0 saturated heterocycles. The van der Waals surface area contributed by atoms with E-state index in [4.69, 9.17) is 9.26 Å². The molecule has 1 N–H and O–H groups in total. The summed E-state index contributed by atoms with van der Waals surface area (Å²) in [5, 5.41) is 3.90. The van der Waals surface area contributed by atoms with Gasteiger partial charge in [0.1, 0.15) is 10.6 Å². The van der Waals surface area contributed by atoms with E-state index in [1.165, 1.54) is 11.3 Å². The highest BCUT2D eigenvalue weighted by molar-refractivity contribution is 7.93. The van der Waals surface area contributed by atoms with Gasteiger partial charge in [0.25, 0.3) is 10.0 Å². The topological polar surface area (TPSA) is 94.3 Å². The zero-order valence-corrected chi connectivity index (χ0v) is 16.3. The third-order valence-electron chi connectivity index (χ3n) is 3.57. The average molecular weight is 393 g/mol. The quantitative estimate of drug-likeness (QED) is 0.655. The second kappa shape index (κ2) is 7.46. The first-order valence-corrected chi connectivity index (χ1v) is 10.4. The van der Waals surface area contributed by atoms with Crippen LogP contribution < -0.4 is 9.46 Å². The van der Waals surface area contributed by atoms with E-state index in [9.17, 15) is 8.42 Å². The second-order valence-electron chi connectivity index (χ2n) is 5.46. The van der Waals surface area contributed by atoms with Gasteiger partial charge >= 0.3 is 0 Å². The lowest BCUT2D eigenvalue weighted by atomic mass is 10.3. The number of anilines is 1. The lowest BCUT2D eigenvalue weighted by Gasteiger charge is -2.08. The van der Waals surface area contributed by atoms with Gasteiger partial charge in [-0.25, -0.2) is 8.42 Å². The Kier molecular flexibility index (Phi) is 5.28. The van der Waals surface area contributed by atoms with Crippen molar-refractivity contribution in [1.29, 1.82) is 0 Å². The molecule has 0 aliphatic heterocycles. The molecule has 3 rings (SSSR count). The molecule has 0 atom stereocenters.